The molecule has 0 aromatic heterocycles. The lowest BCUT2D eigenvalue weighted by Gasteiger charge is -2.21. The van der Waals surface area contributed by atoms with E-state index in [-0.39, 0.29) is 12.4 Å². The van der Waals surface area contributed by atoms with Gasteiger partial charge >= 0.3 is 0 Å². The van der Waals surface area contributed by atoms with E-state index in [1.807, 2.05) is 0 Å². The van der Waals surface area contributed by atoms with Gasteiger partial charge in [0.1, 0.15) is 11.6 Å². The zero-order chi connectivity index (χ0) is 13.7. The summed E-state index contributed by atoms with van der Waals surface area (Å²) in [6, 6.07) is 2.28. The number of hydrogen-bond acceptors (Lipinski definition) is 1. The van der Waals surface area contributed by atoms with Gasteiger partial charge in [0, 0.05) is 12.4 Å². The summed E-state index contributed by atoms with van der Waals surface area (Å²) in [5, 5.41) is 0. The van der Waals surface area contributed by atoms with Crippen LogP contribution in [0.2, 0.25) is 0 Å². The summed E-state index contributed by atoms with van der Waals surface area (Å²) in [6.45, 7) is -1.04. The Labute approximate surface area is 106 Å². The monoisotopic (exact) mass is 283 g/mol. The van der Waals surface area contributed by atoms with Gasteiger partial charge in [-0.3, -0.25) is 4.79 Å². The van der Waals surface area contributed by atoms with Crippen molar-refractivity contribution in [1.29, 1.82) is 0 Å². The Morgan fingerprint density at radius 3 is 2.56 bits per heavy atom. The standard InChI is InChI=1S/C11H10ClF4NO/c12-3-4-17(6-10(15)16)11(18)8-5-7(13)1-2-9(8)14/h1-2,5,10H,3-4,6H2. The van der Waals surface area contributed by atoms with Crippen molar-refractivity contribution in [2.24, 2.45) is 0 Å². The molecule has 0 saturated carbocycles. The van der Waals surface area contributed by atoms with Crippen LogP contribution in [0.15, 0.2) is 18.2 Å². The summed E-state index contributed by atoms with van der Waals surface area (Å²) < 4.78 is 50.7. The van der Waals surface area contributed by atoms with E-state index >= 15 is 0 Å². The van der Waals surface area contributed by atoms with Crippen LogP contribution in [0.1, 0.15) is 10.4 Å². The molecule has 1 aromatic rings. The lowest BCUT2D eigenvalue weighted by Crippen LogP contribution is -2.37. The van der Waals surface area contributed by atoms with Gasteiger partial charge in [-0.15, -0.1) is 11.6 Å². The van der Waals surface area contributed by atoms with Crippen molar-refractivity contribution >= 4 is 17.5 Å². The summed E-state index contributed by atoms with van der Waals surface area (Å²) in [4.78, 5) is 12.5. The average Bonchev–Trinajstić information content (AvgIpc) is 2.30. The molecule has 2 nitrogen and oxygen atoms in total. The molecule has 0 heterocycles. The van der Waals surface area contributed by atoms with Gasteiger partial charge in [-0.05, 0) is 18.2 Å². The van der Waals surface area contributed by atoms with Crippen molar-refractivity contribution in [2.75, 3.05) is 19.0 Å². The molecule has 0 N–H and O–H groups in total. The molecule has 100 valence electrons. The van der Waals surface area contributed by atoms with Crippen molar-refractivity contribution in [3.05, 3.63) is 35.4 Å². The molecule has 0 atom stereocenters. The predicted molar refractivity (Wildman–Crippen MR) is 59.0 cm³/mol. The second kappa shape index (κ2) is 6.58. The number of carbonyl (C=O) groups is 1. The summed E-state index contributed by atoms with van der Waals surface area (Å²) >= 11 is 5.38. The normalized spacial score (nSPS) is 10.8. The van der Waals surface area contributed by atoms with E-state index in [9.17, 15) is 22.4 Å². The molecule has 0 fully saturated rings. The van der Waals surface area contributed by atoms with E-state index in [0.717, 1.165) is 12.1 Å². The van der Waals surface area contributed by atoms with Gasteiger partial charge in [-0.25, -0.2) is 17.6 Å². The Bertz CT molecular complexity index is 428. The number of hydrogen-bond donors (Lipinski definition) is 0. The highest BCUT2D eigenvalue weighted by Crippen LogP contribution is 2.13. The van der Waals surface area contributed by atoms with E-state index in [4.69, 9.17) is 11.6 Å². The molecule has 1 amide bonds. The number of rotatable bonds is 5. The van der Waals surface area contributed by atoms with Crippen molar-refractivity contribution in [2.45, 2.75) is 6.43 Å². The highest BCUT2D eigenvalue weighted by molar-refractivity contribution is 6.18. The van der Waals surface area contributed by atoms with Gasteiger partial charge in [0.2, 0.25) is 0 Å². The van der Waals surface area contributed by atoms with E-state index in [0.29, 0.717) is 11.0 Å². The van der Waals surface area contributed by atoms with Gasteiger partial charge in [0.15, 0.2) is 0 Å². The van der Waals surface area contributed by atoms with Crippen LogP contribution in [0, 0.1) is 11.6 Å². The lowest BCUT2D eigenvalue weighted by molar-refractivity contribution is 0.0566. The minimum absolute atomic E-state index is 0.0740. The van der Waals surface area contributed by atoms with Crippen molar-refractivity contribution in [3.63, 3.8) is 0 Å². The Morgan fingerprint density at radius 2 is 2.00 bits per heavy atom. The van der Waals surface area contributed by atoms with Gasteiger partial charge in [0.25, 0.3) is 12.3 Å². The number of amides is 1. The zero-order valence-electron chi connectivity index (χ0n) is 9.18. The Hall–Kier alpha value is -1.30. The predicted octanol–water partition coefficient (Wildman–Crippen LogP) is 2.91. The maximum atomic E-state index is 13.3. The maximum absolute atomic E-state index is 13.3. The first-order valence-electron chi connectivity index (χ1n) is 5.04. The van der Waals surface area contributed by atoms with Crippen molar-refractivity contribution in [3.8, 4) is 0 Å². The van der Waals surface area contributed by atoms with Crippen LogP contribution in [0.25, 0.3) is 0 Å². The fourth-order valence-corrected chi connectivity index (χ4v) is 1.58. The molecular weight excluding hydrogens is 274 g/mol. The third kappa shape index (κ3) is 3.87. The minimum Gasteiger partial charge on any atom is -0.332 e. The average molecular weight is 284 g/mol. The second-order valence-electron chi connectivity index (χ2n) is 3.46. The van der Waals surface area contributed by atoms with Gasteiger partial charge in [0.05, 0.1) is 12.1 Å². The molecule has 0 saturated heterocycles. The molecular formula is C11H10ClF4NO. The SMILES string of the molecule is O=C(c1cc(F)ccc1F)N(CCCl)CC(F)F. The molecule has 0 aliphatic carbocycles. The van der Waals surface area contributed by atoms with Crippen molar-refractivity contribution in [1.82, 2.24) is 4.90 Å². The molecule has 18 heavy (non-hydrogen) atoms. The van der Waals surface area contributed by atoms with Gasteiger partial charge in [-0.2, -0.15) is 0 Å². The molecule has 7 heteroatoms. The molecule has 0 aliphatic heterocycles. The molecule has 1 rings (SSSR count). The van der Waals surface area contributed by atoms with E-state index < -0.39 is 36.1 Å². The van der Waals surface area contributed by atoms with Crippen LogP contribution in [-0.2, 0) is 0 Å². The fraction of sp³-hybridized carbons (Fsp3) is 0.364. The van der Waals surface area contributed by atoms with E-state index in [2.05, 4.69) is 0 Å². The summed E-state index contributed by atoms with van der Waals surface area (Å²) in [7, 11) is 0. The largest absolute Gasteiger partial charge is 0.332 e. The molecule has 0 bridgehead atoms. The molecule has 0 spiro atoms. The first kappa shape index (κ1) is 14.8. The molecule has 0 radical (unpaired) electrons. The number of benzene rings is 1. The van der Waals surface area contributed by atoms with Crippen LogP contribution >= 0.6 is 11.6 Å². The molecule has 1 aromatic carbocycles. The second-order valence-corrected chi connectivity index (χ2v) is 3.83. The highest BCUT2D eigenvalue weighted by Gasteiger charge is 2.22. The third-order valence-electron chi connectivity index (χ3n) is 2.16. The maximum Gasteiger partial charge on any atom is 0.257 e. The first-order valence-corrected chi connectivity index (χ1v) is 5.57. The van der Waals surface area contributed by atoms with E-state index in [1.54, 1.807) is 0 Å². The van der Waals surface area contributed by atoms with Crippen molar-refractivity contribution < 1.29 is 22.4 Å². The summed E-state index contributed by atoms with van der Waals surface area (Å²) in [6.07, 6.45) is -2.77. The Balaban J connectivity index is 2.97. The van der Waals surface area contributed by atoms with Crippen LogP contribution in [-0.4, -0.2) is 36.2 Å². The fourth-order valence-electron chi connectivity index (χ4n) is 1.38. The van der Waals surface area contributed by atoms with Crippen LogP contribution in [0.4, 0.5) is 17.6 Å². The zero-order valence-corrected chi connectivity index (χ0v) is 9.93. The topological polar surface area (TPSA) is 20.3 Å². The van der Waals surface area contributed by atoms with Gasteiger partial charge in [-0.1, -0.05) is 0 Å². The Morgan fingerprint density at radius 1 is 1.33 bits per heavy atom. The van der Waals surface area contributed by atoms with Crippen LogP contribution in [0.5, 0.6) is 0 Å². The molecule has 0 aliphatic rings. The number of nitrogens with zero attached hydrogens (tertiary/aromatic N) is 1. The van der Waals surface area contributed by atoms with Crippen LogP contribution < -0.4 is 0 Å². The number of carbonyl (C=O) groups excluding carboxylic acids is 1. The lowest BCUT2D eigenvalue weighted by atomic mass is 10.1. The smallest absolute Gasteiger partial charge is 0.257 e. The van der Waals surface area contributed by atoms with Gasteiger partial charge < -0.3 is 4.90 Å². The number of halogens is 5. The van der Waals surface area contributed by atoms with Crippen LogP contribution in [0.3, 0.4) is 0 Å². The quantitative estimate of drug-likeness (QED) is 0.601. The summed E-state index contributed by atoms with van der Waals surface area (Å²) in [5.74, 6) is -2.86. The molecule has 0 unspecified atom stereocenters. The minimum atomic E-state index is -2.77. The summed E-state index contributed by atoms with van der Waals surface area (Å²) in [5.41, 5.74) is -0.583. The van der Waals surface area contributed by atoms with E-state index in [1.165, 1.54) is 0 Å². The first-order chi connectivity index (χ1) is 8.45. The third-order valence-corrected chi connectivity index (χ3v) is 2.33. The Kier molecular flexibility index (Phi) is 5.40. The highest BCUT2D eigenvalue weighted by atomic mass is 35.5. The number of alkyl halides is 3.